The second kappa shape index (κ2) is 6.43. The number of aliphatic carboxylic acids is 1. The number of amides is 2. The normalized spacial score (nSPS) is 22.9. The number of aliphatic hydroxyl groups is 1. The number of carboxylic acids is 1. The molecule has 0 aromatic rings. The molecule has 0 saturated carbocycles. The molecule has 6 nitrogen and oxygen atoms in total. The zero-order valence-corrected chi connectivity index (χ0v) is 12.6. The summed E-state index contributed by atoms with van der Waals surface area (Å²) in [5.41, 5.74) is -0.948. The van der Waals surface area contributed by atoms with E-state index < -0.39 is 11.4 Å². The second-order valence-electron chi connectivity index (χ2n) is 6.70. The van der Waals surface area contributed by atoms with Crippen LogP contribution in [0, 0.1) is 10.8 Å². The highest BCUT2D eigenvalue weighted by molar-refractivity contribution is 5.79. The van der Waals surface area contributed by atoms with E-state index in [0.717, 1.165) is 12.8 Å². The lowest BCUT2D eigenvalue weighted by Crippen LogP contribution is -2.41. The SMILES string of the molecule is CC(C)(CO)CCCNC(=O)N1CCC(C)(C(=O)O)C1. The van der Waals surface area contributed by atoms with Crippen molar-refractivity contribution in [2.45, 2.75) is 40.0 Å². The summed E-state index contributed by atoms with van der Waals surface area (Å²) in [5, 5.41) is 21.1. The first-order chi connectivity index (χ1) is 9.20. The van der Waals surface area contributed by atoms with Gasteiger partial charge in [0.2, 0.25) is 0 Å². The number of nitrogens with one attached hydrogen (secondary N) is 1. The van der Waals surface area contributed by atoms with E-state index in [2.05, 4.69) is 5.32 Å². The fraction of sp³-hybridized carbons (Fsp3) is 0.857. The largest absolute Gasteiger partial charge is 0.481 e. The van der Waals surface area contributed by atoms with Crippen molar-refractivity contribution in [1.82, 2.24) is 10.2 Å². The van der Waals surface area contributed by atoms with Crippen LogP contribution in [0.25, 0.3) is 0 Å². The number of hydrogen-bond donors (Lipinski definition) is 3. The summed E-state index contributed by atoms with van der Waals surface area (Å²) in [6.07, 6.45) is 2.12. The molecular formula is C14H26N2O4. The van der Waals surface area contributed by atoms with Gasteiger partial charge in [0, 0.05) is 26.2 Å². The van der Waals surface area contributed by atoms with E-state index in [1.807, 2.05) is 13.8 Å². The number of rotatable bonds is 6. The van der Waals surface area contributed by atoms with Crippen molar-refractivity contribution in [2.24, 2.45) is 10.8 Å². The van der Waals surface area contributed by atoms with Crippen LogP contribution in [-0.4, -0.2) is 53.4 Å². The molecule has 6 heteroatoms. The lowest BCUT2D eigenvalue weighted by atomic mass is 9.89. The van der Waals surface area contributed by atoms with Gasteiger partial charge >= 0.3 is 12.0 Å². The van der Waals surface area contributed by atoms with Gasteiger partial charge in [-0.3, -0.25) is 4.79 Å². The quantitative estimate of drug-likeness (QED) is 0.642. The second-order valence-corrected chi connectivity index (χ2v) is 6.70. The monoisotopic (exact) mass is 286 g/mol. The zero-order valence-electron chi connectivity index (χ0n) is 12.6. The molecular weight excluding hydrogens is 260 g/mol. The molecule has 0 bridgehead atoms. The van der Waals surface area contributed by atoms with Crippen molar-refractivity contribution in [3.05, 3.63) is 0 Å². The average Bonchev–Trinajstić information content (AvgIpc) is 2.79. The van der Waals surface area contributed by atoms with Gasteiger partial charge in [-0.1, -0.05) is 13.8 Å². The molecule has 1 atom stereocenters. The molecule has 3 N–H and O–H groups in total. The maximum atomic E-state index is 11.9. The number of likely N-dealkylation sites (tertiary alicyclic amines) is 1. The van der Waals surface area contributed by atoms with Crippen LogP contribution >= 0.6 is 0 Å². The molecule has 0 radical (unpaired) electrons. The van der Waals surface area contributed by atoms with E-state index in [-0.39, 0.29) is 24.6 Å². The van der Waals surface area contributed by atoms with Crippen LogP contribution in [0.4, 0.5) is 4.79 Å². The Bertz CT molecular complexity index is 370. The van der Waals surface area contributed by atoms with Gasteiger partial charge in [0.1, 0.15) is 0 Å². The molecule has 2 amide bonds. The maximum absolute atomic E-state index is 11.9. The Morgan fingerprint density at radius 2 is 2.05 bits per heavy atom. The first-order valence-electron chi connectivity index (χ1n) is 7.07. The lowest BCUT2D eigenvalue weighted by molar-refractivity contribution is -0.146. The maximum Gasteiger partial charge on any atom is 0.317 e. The Balaban J connectivity index is 2.30. The van der Waals surface area contributed by atoms with Crippen molar-refractivity contribution >= 4 is 12.0 Å². The number of carbonyl (C=O) groups is 2. The summed E-state index contributed by atoms with van der Waals surface area (Å²) in [6.45, 7) is 7.05. The minimum atomic E-state index is -0.850. The molecule has 1 aliphatic heterocycles. The van der Waals surface area contributed by atoms with E-state index in [9.17, 15) is 9.59 Å². The third-order valence-corrected chi connectivity index (χ3v) is 4.01. The molecule has 0 spiro atoms. The minimum absolute atomic E-state index is 0.125. The van der Waals surface area contributed by atoms with E-state index in [1.165, 1.54) is 0 Å². The third kappa shape index (κ3) is 4.37. The van der Waals surface area contributed by atoms with Crippen molar-refractivity contribution in [1.29, 1.82) is 0 Å². The fourth-order valence-electron chi connectivity index (χ4n) is 2.26. The molecule has 0 aliphatic carbocycles. The predicted molar refractivity (Wildman–Crippen MR) is 75.4 cm³/mol. The van der Waals surface area contributed by atoms with Gasteiger partial charge in [-0.15, -0.1) is 0 Å². The zero-order chi connectivity index (χ0) is 15.4. The third-order valence-electron chi connectivity index (χ3n) is 4.01. The lowest BCUT2D eigenvalue weighted by Gasteiger charge is -2.23. The minimum Gasteiger partial charge on any atom is -0.481 e. The molecule has 1 rings (SSSR count). The highest BCUT2D eigenvalue weighted by Gasteiger charge is 2.42. The van der Waals surface area contributed by atoms with Crippen molar-refractivity contribution < 1.29 is 19.8 Å². The van der Waals surface area contributed by atoms with Crippen LogP contribution in [0.15, 0.2) is 0 Å². The van der Waals surface area contributed by atoms with E-state index in [0.29, 0.717) is 19.5 Å². The Labute approximate surface area is 120 Å². The molecule has 0 aromatic heterocycles. The molecule has 116 valence electrons. The van der Waals surface area contributed by atoms with Crippen molar-refractivity contribution in [3.63, 3.8) is 0 Å². The number of hydrogen-bond acceptors (Lipinski definition) is 3. The Kier molecular flexibility index (Phi) is 5.39. The highest BCUT2D eigenvalue weighted by Crippen LogP contribution is 2.30. The van der Waals surface area contributed by atoms with Crippen LogP contribution in [0.3, 0.4) is 0 Å². The van der Waals surface area contributed by atoms with Gasteiger partial charge in [0.25, 0.3) is 0 Å². The van der Waals surface area contributed by atoms with E-state index in [1.54, 1.807) is 11.8 Å². The predicted octanol–water partition coefficient (Wildman–Crippen LogP) is 1.29. The number of carbonyl (C=O) groups excluding carboxylic acids is 1. The van der Waals surface area contributed by atoms with Gasteiger partial charge in [-0.05, 0) is 31.6 Å². The number of urea groups is 1. The van der Waals surface area contributed by atoms with Gasteiger partial charge in [-0.2, -0.15) is 0 Å². The fourth-order valence-corrected chi connectivity index (χ4v) is 2.26. The Morgan fingerprint density at radius 1 is 1.40 bits per heavy atom. The Morgan fingerprint density at radius 3 is 2.55 bits per heavy atom. The van der Waals surface area contributed by atoms with Gasteiger partial charge < -0.3 is 20.4 Å². The smallest absolute Gasteiger partial charge is 0.317 e. The topological polar surface area (TPSA) is 89.9 Å². The van der Waals surface area contributed by atoms with Crippen molar-refractivity contribution in [2.75, 3.05) is 26.2 Å². The van der Waals surface area contributed by atoms with Gasteiger partial charge in [0.15, 0.2) is 0 Å². The average molecular weight is 286 g/mol. The first kappa shape index (κ1) is 16.8. The standard InChI is InChI=1S/C14H26N2O4/c1-13(2,10-17)5-4-7-15-12(20)16-8-6-14(3,9-16)11(18)19/h17H,4-10H2,1-3H3,(H,15,20)(H,18,19). The summed E-state index contributed by atoms with van der Waals surface area (Å²) < 4.78 is 0. The molecule has 1 fully saturated rings. The molecule has 1 aliphatic rings. The van der Waals surface area contributed by atoms with Gasteiger partial charge in [-0.25, -0.2) is 4.79 Å². The number of aliphatic hydroxyl groups excluding tert-OH is 1. The van der Waals surface area contributed by atoms with Crippen LogP contribution in [0.5, 0.6) is 0 Å². The molecule has 1 saturated heterocycles. The first-order valence-corrected chi connectivity index (χ1v) is 7.07. The Hall–Kier alpha value is -1.30. The molecule has 20 heavy (non-hydrogen) atoms. The highest BCUT2D eigenvalue weighted by atomic mass is 16.4. The van der Waals surface area contributed by atoms with Crippen LogP contribution in [0.1, 0.15) is 40.0 Å². The number of nitrogens with zero attached hydrogens (tertiary/aromatic N) is 1. The molecule has 1 unspecified atom stereocenters. The van der Waals surface area contributed by atoms with Crippen molar-refractivity contribution in [3.8, 4) is 0 Å². The summed E-state index contributed by atoms with van der Waals surface area (Å²) in [7, 11) is 0. The summed E-state index contributed by atoms with van der Waals surface area (Å²) >= 11 is 0. The molecule has 0 aromatic carbocycles. The molecule has 1 heterocycles. The van der Waals surface area contributed by atoms with Crippen LogP contribution in [-0.2, 0) is 4.79 Å². The number of carboxylic acid groups (broad SMARTS) is 1. The summed E-state index contributed by atoms with van der Waals surface area (Å²) in [4.78, 5) is 24.6. The summed E-state index contributed by atoms with van der Waals surface area (Å²) in [6, 6.07) is -0.197. The van der Waals surface area contributed by atoms with Crippen LogP contribution < -0.4 is 5.32 Å². The summed E-state index contributed by atoms with van der Waals surface area (Å²) in [5.74, 6) is -0.850. The van der Waals surface area contributed by atoms with E-state index in [4.69, 9.17) is 10.2 Å². The van der Waals surface area contributed by atoms with Gasteiger partial charge in [0.05, 0.1) is 5.41 Å². The van der Waals surface area contributed by atoms with Crippen LogP contribution in [0.2, 0.25) is 0 Å². The van der Waals surface area contributed by atoms with E-state index >= 15 is 0 Å².